The fourth-order valence-corrected chi connectivity index (χ4v) is 10.7. The van der Waals surface area contributed by atoms with E-state index in [2.05, 4.69) is 171 Å². The van der Waals surface area contributed by atoms with E-state index in [1.807, 2.05) is 29.5 Å². The van der Waals surface area contributed by atoms with Gasteiger partial charge in [-0.1, -0.05) is 157 Å². The van der Waals surface area contributed by atoms with Gasteiger partial charge >= 0.3 is 0 Å². The van der Waals surface area contributed by atoms with Crippen molar-refractivity contribution < 1.29 is 0 Å². The average Bonchev–Trinajstić information content (AvgIpc) is 3.75. The molecule has 0 aliphatic heterocycles. The van der Waals surface area contributed by atoms with Crippen LogP contribution in [-0.4, -0.2) is 15.0 Å². The van der Waals surface area contributed by atoms with Crippen molar-refractivity contribution in [1.29, 1.82) is 0 Å². The molecule has 2 aliphatic rings. The molecule has 0 saturated carbocycles. The Bertz CT molecular complexity index is 3270. The fraction of sp³-hybridized carbons (Fsp3) is 0.0377. The van der Waals surface area contributed by atoms with Crippen LogP contribution >= 0.6 is 11.3 Å². The van der Waals surface area contributed by atoms with Crippen LogP contribution in [0.4, 0.5) is 0 Å². The number of hydrogen-bond acceptors (Lipinski definition) is 4. The number of hydrogen-bond donors (Lipinski definition) is 0. The van der Waals surface area contributed by atoms with Gasteiger partial charge in [-0.3, -0.25) is 0 Å². The molecule has 12 rings (SSSR count). The third-order valence-corrected chi connectivity index (χ3v) is 13.1. The summed E-state index contributed by atoms with van der Waals surface area (Å²) in [6.45, 7) is 2.11. The Labute approximate surface area is 334 Å². The zero-order valence-corrected chi connectivity index (χ0v) is 31.9. The second kappa shape index (κ2) is 12.2. The maximum absolute atomic E-state index is 5.25. The number of fused-ring (bicyclic) bond motifs is 15. The smallest absolute Gasteiger partial charge is 0.164 e. The quantitative estimate of drug-likeness (QED) is 0.181. The van der Waals surface area contributed by atoms with Crippen molar-refractivity contribution >= 4 is 31.5 Å². The van der Waals surface area contributed by atoms with Gasteiger partial charge in [0.05, 0.1) is 5.41 Å². The van der Waals surface area contributed by atoms with Crippen LogP contribution in [0.15, 0.2) is 182 Å². The lowest BCUT2D eigenvalue weighted by Gasteiger charge is -2.35. The van der Waals surface area contributed by atoms with Gasteiger partial charge in [-0.2, -0.15) is 0 Å². The summed E-state index contributed by atoms with van der Waals surface area (Å²) in [5, 5.41) is 2.62. The largest absolute Gasteiger partial charge is 0.208 e. The molecule has 0 radical (unpaired) electrons. The summed E-state index contributed by atoms with van der Waals surface area (Å²) in [6.07, 6.45) is 0. The Morgan fingerprint density at radius 3 is 1.61 bits per heavy atom. The predicted molar refractivity (Wildman–Crippen MR) is 235 cm³/mol. The molecular formula is C53H33N3S. The molecule has 2 heterocycles. The molecule has 1 spiro atoms. The fourth-order valence-electron chi connectivity index (χ4n) is 9.58. The second-order valence-electron chi connectivity index (χ2n) is 15.2. The van der Waals surface area contributed by atoms with Gasteiger partial charge in [0, 0.05) is 36.9 Å². The maximum atomic E-state index is 5.25. The number of nitrogens with zero attached hydrogens (tertiary/aromatic N) is 3. The number of thiophene rings is 1. The number of benzene rings is 8. The van der Waals surface area contributed by atoms with E-state index in [1.165, 1.54) is 75.8 Å². The summed E-state index contributed by atoms with van der Waals surface area (Å²) in [5.74, 6) is 1.96. The monoisotopic (exact) mass is 743 g/mol. The second-order valence-corrected chi connectivity index (χ2v) is 16.3. The number of rotatable bonds is 3. The molecular weight excluding hydrogens is 711 g/mol. The molecule has 1 unspecified atom stereocenters. The molecule has 57 heavy (non-hydrogen) atoms. The van der Waals surface area contributed by atoms with E-state index in [-0.39, 0.29) is 0 Å². The van der Waals surface area contributed by atoms with E-state index in [0.717, 1.165) is 22.3 Å². The van der Waals surface area contributed by atoms with Gasteiger partial charge in [0.2, 0.25) is 0 Å². The minimum Gasteiger partial charge on any atom is -0.208 e. The van der Waals surface area contributed by atoms with Crippen molar-refractivity contribution in [3.63, 3.8) is 0 Å². The molecule has 1 atom stereocenters. The van der Waals surface area contributed by atoms with Crippen molar-refractivity contribution in [2.45, 2.75) is 12.3 Å². The molecule has 0 N–H and O–H groups in total. The zero-order chi connectivity index (χ0) is 37.7. The first kappa shape index (κ1) is 32.3. The van der Waals surface area contributed by atoms with Crippen LogP contribution < -0.4 is 0 Å². The van der Waals surface area contributed by atoms with Crippen LogP contribution in [0.5, 0.6) is 0 Å². The summed E-state index contributed by atoms with van der Waals surface area (Å²) in [7, 11) is 0. The molecule has 266 valence electrons. The standard InChI is InChI=1S/C53H33N3S/c1-32-14-13-17-34(28-32)51-54-50(33-15-3-2-4-16-33)55-52(56-51)35-26-27-40-37-19-6-5-18-36(37)38-20-7-10-23-44(38)53(46(40)29-35)45-24-11-8-21-39(45)42-30-43-41-22-9-12-25-48(41)57-49(43)31-47(42)53/h2-31H,1H3. The van der Waals surface area contributed by atoms with Crippen LogP contribution in [0, 0.1) is 6.92 Å². The predicted octanol–water partition coefficient (Wildman–Crippen LogP) is 13.6. The summed E-state index contributed by atoms with van der Waals surface area (Å²) < 4.78 is 2.61. The van der Waals surface area contributed by atoms with Crippen LogP contribution in [0.2, 0.25) is 0 Å². The Balaban J connectivity index is 1.21. The van der Waals surface area contributed by atoms with Crippen LogP contribution in [0.3, 0.4) is 0 Å². The third-order valence-electron chi connectivity index (χ3n) is 12.0. The molecule has 2 aliphatic carbocycles. The molecule has 0 bridgehead atoms. The van der Waals surface area contributed by atoms with Crippen molar-refractivity contribution in [3.05, 3.63) is 210 Å². The van der Waals surface area contributed by atoms with Gasteiger partial charge in [0.15, 0.2) is 17.5 Å². The summed E-state index contributed by atoms with van der Waals surface area (Å²) >= 11 is 1.88. The zero-order valence-electron chi connectivity index (χ0n) is 31.1. The molecule has 4 heteroatoms. The first-order chi connectivity index (χ1) is 28.1. The summed E-state index contributed by atoms with van der Waals surface area (Å²) in [4.78, 5) is 15.5. The topological polar surface area (TPSA) is 38.7 Å². The van der Waals surface area contributed by atoms with Gasteiger partial charge < -0.3 is 0 Å². The Morgan fingerprint density at radius 1 is 0.351 bits per heavy atom. The highest BCUT2D eigenvalue weighted by molar-refractivity contribution is 7.25. The highest BCUT2D eigenvalue weighted by atomic mass is 32.1. The van der Waals surface area contributed by atoms with E-state index >= 15 is 0 Å². The molecule has 0 amide bonds. The van der Waals surface area contributed by atoms with Gasteiger partial charge in [0.25, 0.3) is 0 Å². The first-order valence-corrected chi connectivity index (χ1v) is 20.3. The van der Waals surface area contributed by atoms with E-state index in [4.69, 9.17) is 15.0 Å². The van der Waals surface area contributed by atoms with Crippen molar-refractivity contribution in [2.24, 2.45) is 0 Å². The molecule has 10 aromatic rings. The molecule has 3 nitrogen and oxygen atoms in total. The summed E-state index contributed by atoms with van der Waals surface area (Å²) in [5.41, 5.74) is 16.0. The van der Waals surface area contributed by atoms with E-state index in [0.29, 0.717) is 17.5 Å². The molecule has 8 aromatic carbocycles. The van der Waals surface area contributed by atoms with Crippen LogP contribution in [-0.2, 0) is 5.41 Å². The molecule has 0 saturated heterocycles. The Hall–Kier alpha value is -7.01. The first-order valence-electron chi connectivity index (χ1n) is 19.4. The third kappa shape index (κ3) is 4.68. The SMILES string of the molecule is Cc1cccc(-c2nc(-c3ccccc3)nc(-c3ccc4c(c3)C3(c5ccccc5-c5ccccc5-4)c4ccccc4-c4cc5c(cc43)sc3ccccc35)n2)c1. The molecule has 0 fully saturated rings. The number of aromatic nitrogens is 3. The van der Waals surface area contributed by atoms with Crippen LogP contribution in [0.25, 0.3) is 87.7 Å². The van der Waals surface area contributed by atoms with E-state index < -0.39 is 5.41 Å². The highest BCUT2D eigenvalue weighted by Gasteiger charge is 2.50. The maximum Gasteiger partial charge on any atom is 0.164 e. The minimum atomic E-state index is -0.633. The lowest BCUT2D eigenvalue weighted by atomic mass is 9.65. The van der Waals surface area contributed by atoms with Gasteiger partial charge in [-0.05, 0) is 92.9 Å². The van der Waals surface area contributed by atoms with Crippen molar-refractivity contribution in [1.82, 2.24) is 15.0 Å². The Morgan fingerprint density at radius 2 is 0.895 bits per heavy atom. The van der Waals surface area contributed by atoms with E-state index in [1.54, 1.807) is 0 Å². The summed E-state index contributed by atoms with van der Waals surface area (Å²) in [6, 6.07) is 66.4. The lowest BCUT2D eigenvalue weighted by Crippen LogP contribution is -2.29. The van der Waals surface area contributed by atoms with Crippen molar-refractivity contribution in [3.8, 4) is 67.5 Å². The van der Waals surface area contributed by atoms with Crippen molar-refractivity contribution in [2.75, 3.05) is 0 Å². The lowest BCUT2D eigenvalue weighted by molar-refractivity contribution is 0.777. The van der Waals surface area contributed by atoms with Gasteiger partial charge in [-0.25, -0.2) is 15.0 Å². The normalized spacial score (nSPS) is 14.8. The molecule has 2 aromatic heterocycles. The van der Waals surface area contributed by atoms with Crippen LogP contribution in [0.1, 0.15) is 27.8 Å². The number of aryl methyl sites for hydroxylation is 1. The van der Waals surface area contributed by atoms with Gasteiger partial charge in [-0.15, -0.1) is 11.3 Å². The van der Waals surface area contributed by atoms with Gasteiger partial charge in [0.1, 0.15) is 0 Å². The average molecular weight is 744 g/mol. The Kier molecular flexibility index (Phi) is 6.93. The minimum absolute atomic E-state index is 0.633. The highest BCUT2D eigenvalue weighted by Crippen LogP contribution is 2.62. The van der Waals surface area contributed by atoms with E-state index in [9.17, 15) is 0 Å².